The Morgan fingerprint density at radius 3 is 2.55 bits per heavy atom. The van der Waals surface area contributed by atoms with E-state index in [0.29, 0.717) is 22.6 Å². The van der Waals surface area contributed by atoms with Crippen molar-refractivity contribution in [3.05, 3.63) is 95.8 Å². The molecular weight excluding hydrogens is 710 g/mol. The lowest BCUT2D eigenvalue weighted by Crippen LogP contribution is -2.38. The monoisotopic (exact) mass is 732 g/mol. The summed E-state index contributed by atoms with van der Waals surface area (Å²) in [5.74, 6) is -0.566. The van der Waals surface area contributed by atoms with Crippen LogP contribution in [-0.4, -0.2) is 29.3 Å². The van der Waals surface area contributed by atoms with Gasteiger partial charge in [-0.25, -0.2) is 9.69 Å². The number of urea groups is 1. The molecule has 3 aromatic rings. The van der Waals surface area contributed by atoms with Gasteiger partial charge >= 0.3 is 6.03 Å². The number of aryl methyl sites for hydroxylation is 1. The van der Waals surface area contributed by atoms with Gasteiger partial charge in [0.05, 0.1) is 15.2 Å². The number of imide groups is 1. The number of anilines is 1. The first-order valence-electron chi connectivity index (χ1n) is 11.6. The van der Waals surface area contributed by atoms with E-state index in [2.05, 4.69) is 61.9 Å². The van der Waals surface area contributed by atoms with E-state index < -0.39 is 24.4 Å². The fourth-order valence-electron chi connectivity index (χ4n) is 3.90. The standard InChI is InChI=1S/C28H22I2N4O4/c1-2-17-7-5-6-10-23(17)32-25(35)15-34-27(36)24(33-28(34)37)12-20-11-21(29)13-22(30)26(20)38-16-19-9-4-3-8-18(19)14-31/h3-13H,2,15-16H2,1H3,(H,32,35)(H,33,37)/b24-12+. The molecule has 1 aliphatic heterocycles. The number of ether oxygens (including phenoxy) is 1. The molecule has 1 heterocycles. The number of hydrogen-bond acceptors (Lipinski definition) is 5. The van der Waals surface area contributed by atoms with Gasteiger partial charge in [-0.05, 0) is 87.5 Å². The molecule has 0 bridgehead atoms. The Kier molecular flexibility index (Phi) is 9.01. The van der Waals surface area contributed by atoms with Crippen LogP contribution in [0, 0.1) is 18.5 Å². The van der Waals surface area contributed by atoms with E-state index in [1.54, 1.807) is 24.3 Å². The SMILES string of the molecule is CCc1ccccc1NC(=O)CN1C(=O)N/C(=C/c2cc(I)cc(I)c2OCc2ccccc2C#N)C1=O. The Hall–Kier alpha value is -3.44. The lowest BCUT2D eigenvalue weighted by Gasteiger charge is -2.14. The molecule has 4 amide bonds. The highest BCUT2D eigenvalue weighted by Crippen LogP contribution is 2.32. The molecule has 8 nitrogen and oxygen atoms in total. The molecule has 1 aliphatic rings. The predicted octanol–water partition coefficient (Wildman–Crippen LogP) is 5.44. The fraction of sp³-hybridized carbons (Fsp3) is 0.143. The molecule has 0 aliphatic carbocycles. The second-order valence-electron chi connectivity index (χ2n) is 8.30. The van der Waals surface area contributed by atoms with E-state index in [-0.39, 0.29) is 12.3 Å². The van der Waals surface area contributed by atoms with Crippen LogP contribution in [0.25, 0.3) is 6.08 Å². The molecule has 1 saturated heterocycles. The van der Waals surface area contributed by atoms with Gasteiger partial charge in [0, 0.05) is 20.4 Å². The third kappa shape index (κ3) is 6.33. The van der Waals surface area contributed by atoms with Crippen LogP contribution >= 0.6 is 45.2 Å². The minimum Gasteiger partial charge on any atom is -0.487 e. The molecule has 38 heavy (non-hydrogen) atoms. The van der Waals surface area contributed by atoms with Crippen molar-refractivity contribution in [1.29, 1.82) is 5.26 Å². The maximum atomic E-state index is 13.1. The van der Waals surface area contributed by atoms with E-state index >= 15 is 0 Å². The topological polar surface area (TPSA) is 112 Å². The van der Waals surface area contributed by atoms with Gasteiger partial charge in [-0.15, -0.1) is 0 Å². The number of nitrogens with one attached hydrogen (secondary N) is 2. The zero-order valence-electron chi connectivity index (χ0n) is 20.3. The molecule has 0 unspecified atom stereocenters. The quantitative estimate of drug-likeness (QED) is 0.182. The first kappa shape index (κ1) is 27.6. The fourth-order valence-corrected chi connectivity index (χ4v) is 5.94. The Morgan fingerprint density at radius 2 is 1.82 bits per heavy atom. The van der Waals surface area contributed by atoms with Crippen molar-refractivity contribution in [2.45, 2.75) is 20.0 Å². The number of rotatable bonds is 8. The Balaban J connectivity index is 1.54. The van der Waals surface area contributed by atoms with Crippen LogP contribution in [0.1, 0.15) is 29.2 Å². The van der Waals surface area contributed by atoms with Crippen LogP contribution < -0.4 is 15.4 Å². The summed E-state index contributed by atoms with van der Waals surface area (Å²) in [7, 11) is 0. The molecule has 4 rings (SSSR count). The average Bonchev–Trinajstić information content (AvgIpc) is 3.15. The van der Waals surface area contributed by atoms with Crippen molar-refractivity contribution < 1.29 is 19.1 Å². The summed E-state index contributed by atoms with van der Waals surface area (Å²) in [6.07, 6.45) is 2.27. The van der Waals surface area contributed by atoms with E-state index in [0.717, 1.165) is 29.6 Å². The highest BCUT2D eigenvalue weighted by Gasteiger charge is 2.35. The zero-order valence-corrected chi connectivity index (χ0v) is 24.6. The number of amides is 4. The van der Waals surface area contributed by atoms with E-state index in [9.17, 15) is 19.6 Å². The summed E-state index contributed by atoms with van der Waals surface area (Å²) in [5.41, 5.74) is 3.48. The zero-order chi connectivity index (χ0) is 27.2. The maximum Gasteiger partial charge on any atom is 0.329 e. The molecule has 192 valence electrons. The highest BCUT2D eigenvalue weighted by molar-refractivity contribution is 14.1. The lowest BCUT2D eigenvalue weighted by atomic mass is 10.1. The second-order valence-corrected chi connectivity index (χ2v) is 10.7. The number of carbonyl (C=O) groups is 3. The van der Waals surface area contributed by atoms with Crippen molar-refractivity contribution in [3.63, 3.8) is 0 Å². The van der Waals surface area contributed by atoms with Crippen LogP contribution in [0.15, 0.2) is 66.4 Å². The van der Waals surface area contributed by atoms with E-state index in [1.165, 1.54) is 0 Å². The molecule has 3 aromatic carbocycles. The molecule has 10 heteroatoms. The van der Waals surface area contributed by atoms with Crippen molar-refractivity contribution in [1.82, 2.24) is 10.2 Å². The van der Waals surface area contributed by atoms with Gasteiger partial charge in [-0.1, -0.05) is 43.3 Å². The Morgan fingerprint density at radius 1 is 1.11 bits per heavy atom. The van der Waals surface area contributed by atoms with Crippen molar-refractivity contribution in [2.24, 2.45) is 0 Å². The highest BCUT2D eigenvalue weighted by atomic mass is 127. The molecule has 0 saturated carbocycles. The van der Waals surface area contributed by atoms with Crippen LogP contribution in [0.4, 0.5) is 10.5 Å². The number of halogens is 2. The van der Waals surface area contributed by atoms with Crippen molar-refractivity contribution in [3.8, 4) is 11.8 Å². The molecule has 1 fully saturated rings. The minimum atomic E-state index is -0.675. The summed E-state index contributed by atoms with van der Waals surface area (Å²) in [5, 5.41) is 14.7. The third-order valence-corrected chi connectivity index (χ3v) is 7.21. The molecule has 0 aromatic heterocycles. The number of benzene rings is 3. The van der Waals surface area contributed by atoms with E-state index in [1.807, 2.05) is 49.4 Å². The number of nitrogens with zero attached hydrogens (tertiary/aromatic N) is 2. The normalized spacial score (nSPS) is 13.8. The summed E-state index contributed by atoms with van der Waals surface area (Å²) in [6.45, 7) is 1.71. The second kappa shape index (κ2) is 12.4. The molecular formula is C28H22I2N4O4. The van der Waals surface area contributed by atoms with Gasteiger partial charge in [0.25, 0.3) is 5.91 Å². The molecule has 0 spiro atoms. The van der Waals surface area contributed by atoms with Crippen molar-refractivity contribution in [2.75, 3.05) is 11.9 Å². The number of carbonyl (C=O) groups excluding carboxylic acids is 3. The first-order valence-corrected chi connectivity index (χ1v) is 13.8. The van der Waals surface area contributed by atoms with Crippen LogP contribution in [0.3, 0.4) is 0 Å². The predicted molar refractivity (Wildman–Crippen MR) is 160 cm³/mol. The Bertz CT molecular complexity index is 1500. The smallest absolute Gasteiger partial charge is 0.329 e. The van der Waals surface area contributed by atoms with Crippen LogP contribution in [-0.2, 0) is 22.6 Å². The molecule has 2 N–H and O–H groups in total. The Labute approximate surface area is 247 Å². The molecule has 0 radical (unpaired) electrons. The van der Waals surface area contributed by atoms with Gasteiger partial charge < -0.3 is 15.4 Å². The summed E-state index contributed by atoms with van der Waals surface area (Å²) in [4.78, 5) is 39.2. The number of para-hydroxylation sites is 1. The van der Waals surface area contributed by atoms with Gasteiger partial charge in [-0.2, -0.15) is 5.26 Å². The summed E-state index contributed by atoms with van der Waals surface area (Å²) >= 11 is 4.31. The van der Waals surface area contributed by atoms with Crippen LogP contribution in [0.2, 0.25) is 0 Å². The summed E-state index contributed by atoms with van der Waals surface area (Å²) < 4.78 is 7.81. The summed E-state index contributed by atoms with van der Waals surface area (Å²) in [6, 6.07) is 19.8. The first-order chi connectivity index (χ1) is 18.3. The average molecular weight is 732 g/mol. The van der Waals surface area contributed by atoms with Crippen molar-refractivity contribution >= 4 is 74.8 Å². The van der Waals surface area contributed by atoms with Gasteiger partial charge in [0.1, 0.15) is 24.6 Å². The lowest BCUT2D eigenvalue weighted by molar-refractivity contribution is -0.127. The minimum absolute atomic E-state index is 0.0387. The maximum absolute atomic E-state index is 13.1. The van der Waals surface area contributed by atoms with Gasteiger partial charge in [-0.3, -0.25) is 9.59 Å². The molecule has 0 atom stereocenters. The number of nitriles is 1. The largest absolute Gasteiger partial charge is 0.487 e. The third-order valence-electron chi connectivity index (χ3n) is 5.78. The number of hydrogen-bond donors (Lipinski definition) is 2. The van der Waals surface area contributed by atoms with Crippen LogP contribution in [0.5, 0.6) is 5.75 Å². The van der Waals surface area contributed by atoms with Gasteiger partial charge in [0.15, 0.2) is 0 Å². The van der Waals surface area contributed by atoms with Gasteiger partial charge in [0.2, 0.25) is 5.91 Å². The van der Waals surface area contributed by atoms with E-state index in [4.69, 9.17) is 4.74 Å².